The van der Waals surface area contributed by atoms with Crippen molar-refractivity contribution in [1.29, 1.82) is 0 Å². The number of nitrogens with two attached hydrogens (primary N) is 2. The van der Waals surface area contributed by atoms with Gasteiger partial charge in [-0.25, -0.2) is 4.39 Å². The third kappa shape index (κ3) is 5.67. The molecule has 3 nitrogen and oxygen atoms in total. The maximum atomic E-state index is 12.4. The Morgan fingerprint density at radius 2 is 1.67 bits per heavy atom. The average molecular weight is 214 g/mol. The highest BCUT2D eigenvalue weighted by Crippen LogP contribution is 2.11. The molecule has 4 heteroatoms. The summed E-state index contributed by atoms with van der Waals surface area (Å²) in [6.45, 7) is 8.00. The monoisotopic (exact) mass is 214 g/mol. The molecule has 15 heavy (non-hydrogen) atoms. The molecule has 1 aromatic rings. The quantitative estimate of drug-likeness (QED) is 0.705. The lowest BCUT2D eigenvalue weighted by Gasteiger charge is -1.99. The highest BCUT2D eigenvalue weighted by molar-refractivity contribution is 5.97. The third-order valence-corrected chi connectivity index (χ3v) is 1.28. The Hall–Kier alpha value is -1.58. The first-order chi connectivity index (χ1) is 7.11. The minimum atomic E-state index is -0.720. The van der Waals surface area contributed by atoms with E-state index in [1.165, 1.54) is 12.1 Å². The van der Waals surface area contributed by atoms with E-state index in [-0.39, 0.29) is 11.3 Å². The largest absolute Gasteiger partial charge is 0.398 e. The number of anilines is 1. The molecule has 0 bridgehead atoms. The summed E-state index contributed by atoms with van der Waals surface area (Å²) in [5.41, 5.74) is 10.4. The lowest BCUT2D eigenvalue weighted by atomic mass is 10.2. The zero-order chi connectivity index (χ0) is 12.4. The Morgan fingerprint density at radius 3 is 2.00 bits per heavy atom. The summed E-state index contributed by atoms with van der Waals surface area (Å²) in [5, 5.41) is 0. The van der Waals surface area contributed by atoms with Crippen molar-refractivity contribution in [2.75, 3.05) is 5.73 Å². The van der Waals surface area contributed by atoms with E-state index in [4.69, 9.17) is 11.5 Å². The molecule has 0 aromatic heterocycles. The van der Waals surface area contributed by atoms with Gasteiger partial charge >= 0.3 is 0 Å². The van der Waals surface area contributed by atoms with Crippen LogP contribution in [0.4, 0.5) is 10.1 Å². The predicted octanol–water partition coefficient (Wildman–Crippen LogP) is 2.56. The molecule has 0 fully saturated rings. The number of hydrogen-bond donors (Lipinski definition) is 2. The zero-order valence-corrected chi connectivity index (χ0v) is 9.67. The van der Waals surface area contributed by atoms with Crippen LogP contribution in [0.15, 0.2) is 18.2 Å². The molecular weight excluding hydrogens is 195 g/mol. The lowest BCUT2D eigenvalue weighted by molar-refractivity contribution is 0.100. The van der Waals surface area contributed by atoms with E-state index in [1.54, 1.807) is 0 Å². The second-order valence-electron chi connectivity index (χ2n) is 2.10. The first-order valence-corrected chi connectivity index (χ1v) is 4.96. The topological polar surface area (TPSA) is 69.1 Å². The second-order valence-corrected chi connectivity index (χ2v) is 2.10. The summed E-state index contributed by atoms with van der Waals surface area (Å²) in [7, 11) is 0. The van der Waals surface area contributed by atoms with E-state index in [0.29, 0.717) is 0 Å². The molecule has 0 unspecified atom stereocenters. The number of amides is 1. The van der Waals surface area contributed by atoms with Crippen LogP contribution in [-0.2, 0) is 0 Å². The van der Waals surface area contributed by atoms with Crippen molar-refractivity contribution < 1.29 is 9.18 Å². The van der Waals surface area contributed by atoms with Crippen molar-refractivity contribution in [2.24, 2.45) is 5.73 Å². The fraction of sp³-hybridized carbons (Fsp3) is 0.364. The van der Waals surface area contributed by atoms with Gasteiger partial charge < -0.3 is 11.5 Å². The minimum Gasteiger partial charge on any atom is -0.398 e. The van der Waals surface area contributed by atoms with Crippen LogP contribution in [0, 0.1) is 5.82 Å². The Morgan fingerprint density at radius 1 is 1.20 bits per heavy atom. The lowest BCUT2D eigenvalue weighted by Crippen LogP contribution is -2.13. The van der Waals surface area contributed by atoms with Gasteiger partial charge in [0.05, 0.1) is 5.56 Å². The molecule has 1 aromatic carbocycles. The van der Waals surface area contributed by atoms with Crippen LogP contribution < -0.4 is 11.5 Å². The van der Waals surface area contributed by atoms with Gasteiger partial charge in [0, 0.05) is 5.69 Å². The van der Waals surface area contributed by atoms with Crippen molar-refractivity contribution in [2.45, 2.75) is 27.7 Å². The number of benzene rings is 1. The van der Waals surface area contributed by atoms with E-state index in [2.05, 4.69) is 0 Å². The highest BCUT2D eigenvalue weighted by atomic mass is 19.1. The number of nitrogen functional groups attached to an aromatic ring is 1. The summed E-state index contributed by atoms with van der Waals surface area (Å²) >= 11 is 0. The van der Waals surface area contributed by atoms with Crippen LogP contribution in [-0.4, -0.2) is 5.91 Å². The molecule has 0 saturated heterocycles. The van der Waals surface area contributed by atoms with Gasteiger partial charge in [-0.2, -0.15) is 0 Å². The fourth-order valence-electron chi connectivity index (χ4n) is 0.742. The van der Waals surface area contributed by atoms with Crippen LogP contribution in [0.5, 0.6) is 0 Å². The normalized spacial score (nSPS) is 7.80. The molecule has 0 atom stereocenters. The molecule has 0 heterocycles. The Bertz CT molecular complexity index is 301. The number of halogens is 1. The molecule has 0 aliphatic carbocycles. The van der Waals surface area contributed by atoms with Gasteiger partial charge in [0.25, 0.3) is 5.91 Å². The van der Waals surface area contributed by atoms with E-state index < -0.39 is 11.7 Å². The van der Waals surface area contributed by atoms with Crippen molar-refractivity contribution in [3.8, 4) is 0 Å². The first kappa shape index (κ1) is 15.9. The Kier molecular flexibility index (Phi) is 9.52. The standard InChI is InChI=1S/C7H7FN2O.2C2H6/c8-4-1-2-6(9)5(3-4)7(10)11;2*1-2/h1-3H,9H2,(H2,10,11);2*1-2H3. The molecule has 1 rings (SSSR count). The molecule has 0 spiro atoms. The van der Waals surface area contributed by atoms with E-state index in [9.17, 15) is 9.18 Å². The predicted molar refractivity (Wildman–Crippen MR) is 62.0 cm³/mol. The maximum absolute atomic E-state index is 12.4. The summed E-state index contributed by atoms with van der Waals surface area (Å²) in [4.78, 5) is 10.5. The Labute approximate surface area is 90.3 Å². The number of hydrogen-bond acceptors (Lipinski definition) is 2. The Balaban J connectivity index is 0. The minimum absolute atomic E-state index is 0.0185. The van der Waals surface area contributed by atoms with Crippen molar-refractivity contribution in [3.05, 3.63) is 29.6 Å². The van der Waals surface area contributed by atoms with Gasteiger partial charge in [-0.15, -0.1) is 0 Å². The number of carbonyl (C=O) groups is 1. The first-order valence-electron chi connectivity index (χ1n) is 4.96. The maximum Gasteiger partial charge on any atom is 0.250 e. The van der Waals surface area contributed by atoms with Gasteiger partial charge in [0.2, 0.25) is 0 Å². The van der Waals surface area contributed by atoms with Gasteiger partial charge in [-0.3, -0.25) is 4.79 Å². The van der Waals surface area contributed by atoms with E-state index >= 15 is 0 Å². The molecule has 0 saturated carbocycles. The fourth-order valence-corrected chi connectivity index (χ4v) is 0.742. The molecular formula is C11H19FN2O. The van der Waals surface area contributed by atoms with E-state index in [0.717, 1.165) is 6.07 Å². The molecule has 1 amide bonds. The average Bonchev–Trinajstić information content (AvgIpc) is 2.27. The summed E-state index contributed by atoms with van der Waals surface area (Å²) < 4.78 is 12.4. The number of rotatable bonds is 1. The summed E-state index contributed by atoms with van der Waals surface area (Å²) in [6, 6.07) is 3.48. The van der Waals surface area contributed by atoms with Crippen molar-refractivity contribution in [3.63, 3.8) is 0 Å². The van der Waals surface area contributed by atoms with Gasteiger partial charge in [-0.1, -0.05) is 27.7 Å². The third-order valence-electron chi connectivity index (χ3n) is 1.28. The van der Waals surface area contributed by atoms with Gasteiger partial charge in [0.15, 0.2) is 0 Å². The zero-order valence-electron chi connectivity index (χ0n) is 9.67. The molecule has 4 N–H and O–H groups in total. The molecule has 0 aliphatic rings. The van der Waals surface area contributed by atoms with Crippen molar-refractivity contribution in [1.82, 2.24) is 0 Å². The van der Waals surface area contributed by atoms with Crippen LogP contribution >= 0.6 is 0 Å². The van der Waals surface area contributed by atoms with Crippen molar-refractivity contribution >= 4 is 11.6 Å². The molecule has 86 valence electrons. The number of primary amides is 1. The molecule has 0 radical (unpaired) electrons. The van der Waals surface area contributed by atoms with E-state index in [1.807, 2.05) is 27.7 Å². The smallest absolute Gasteiger partial charge is 0.250 e. The SMILES string of the molecule is CC.CC.NC(=O)c1cc(F)ccc1N. The van der Waals surface area contributed by atoms with Gasteiger partial charge in [-0.05, 0) is 18.2 Å². The summed E-state index contributed by atoms with van der Waals surface area (Å²) in [5.74, 6) is -1.24. The van der Waals surface area contributed by atoms with Crippen LogP contribution in [0.2, 0.25) is 0 Å². The van der Waals surface area contributed by atoms with Crippen LogP contribution in [0.1, 0.15) is 38.1 Å². The van der Waals surface area contributed by atoms with Crippen LogP contribution in [0.25, 0.3) is 0 Å². The second kappa shape index (κ2) is 8.99. The summed E-state index contributed by atoms with van der Waals surface area (Å²) in [6.07, 6.45) is 0. The van der Waals surface area contributed by atoms with Crippen LogP contribution in [0.3, 0.4) is 0 Å². The number of carbonyl (C=O) groups excluding carboxylic acids is 1. The molecule has 0 aliphatic heterocycles. The highest BCUT2D eigenvalue weighted by Gasteiger charge is 2.05. The van der Waals surface area contributed by atoms with Gasteiger partial charge in [0.1, 0.15) is 5.82 Å².